The molecular formula is C31H31NO6. The average Bonchev–Trinajstić information content (AvgIpc) is 3.21. The number of aliphatic hydroxyl groups excluding tert-OH is 1. The summed E-state index contributed by atoms with van der Waals surface area (Å²) in [5, 5.41) is 11.4. The molecule has 3 aromatic carbocycles. The maximum absolute atomic E-state index is 13.4. The highest BCUT2D eigenvalue weighted by atomic mass is 16.5. The van der Waals surface area contributed by atoms with Gasteiger partial charge >= 0.3 is 5.97 Å². The van der Waals surface area contributed by atoms with Gasteiger partial charge in [0.05, 0.1) is 30.4 Å². The van der Waals surface area contributed by atoms with Gasteiger partial charge in [0, 0.05) is 11.3 Å². The van der Waals surface area contributed by atoms with Crippen molar-refractivity contribution in [2.24, 2.45) is 0 Å². The van der Waals surface area contributed by atoms with Gasteiger partial charge in [0.1, 0.15) is 11.5 Å². The summed E-state index contributed by atoms with van der Waals surface area (Å²) in [6, 6.07) is 19.7. The van der Waals surface area contributed by atoms with Gasteiger partial charge in [-0.25, -0.2) is 4.79 Å². The zero-order chi connectivity index (χ0) is 27.2. The second kappa shape index (κ2) is 11.8. The molecular weight excluding hydrogens is 482 g/mol. The number of rotatable bonds is 9. The quantitative estimate of drug-likeness (QED) is 0.164. The monoisotopic (exact) mass is 513 g/mol. The molecule has 1 fully saturated rings. The summed E-state index contributed by atoms with van der Waals surface area (Å²) >= 11 is 0. The second-order valence-corrected chi connectivity index (χ2v) is 9.09. The van der Waals surface area contributed by atoms with Crippen LogP contribution in [0.2, 0.25) is 0 Å². The number of amides is 1. The maximum atomic E-state index is 13.4. The fourth-order valence-corrected chi connectivity index (χ4v) is 4.41. The van der Waals surface area contributed by atoms with Gasteiger partial charge in [0.25, 0.3) is 11.7 Å². The molecule has 0 radical (unpaired) electrons. The molecule has 7 heteroatoms. The predicted molar refractivity (Wildman–Crippen MR) is 145 cm³/mol. The van der Waals surface area contributed by atoms with Gasteiger partial charge < -0.3 is 14.6 Å². The van der Waals surface area contributed by atoms with E-state index < -0.39 is 23.7 Å². The van der Waals surface area contributed by atoms with Crippen molar-refractivity contribution in [2.45, 2.75) is 39.7 Å². The Hall–Kier alpha value is -4.39. The Morgan fingerprint density at radius 1 is 0.895 bits per heavy atom. The first-order valence-electron chi connectivity index (χ1n) is 12.7. The van der Waals surface area contributed by atoms with Gasteiger partial charge in [-0.2, -0.15) is 0 Å². The Labute approximate surface area is 222 Å². The van der Waals surface area contributed by atoms with E-state index in [4.69, 9.17) is 9.47 Å². The smallest absolute Gasteiger partial charge is 0.338 e. The van der Waals surface area contributed by atoms with Crippen LogP contribution in [0.15, 0.2) is 78.4 Å². The van der Waals surface area contributed by atoms with E-state index in [9.17, 15) is 19.5 Å². The fourth-order valence-electron chi connectivity index (χ4n) is 4.41. The van der Waals surface area contributed by atoms with E-state index >= 15 is 0 Å². The first kappa shape index (κ1) is 26.7. The summed E-state index contributed by atoms with van der Waals surface area (Å²) in [6.45, 7) is 6.67. The highest BCUT2D eigenvalue weighted by Gasteiger charge is 2.47. The third-order valence-electron chi connectivity index (χ3n) is 6.29. The largest absolute Gasteiger partial charge is 0.507 e. The summed E-state index contributed by atoms with van der Waals surface area (Å²) in [5.74, 6) is -1.57. The number of ketones is 1. The normalized spacial score (nSPS) is 16.5. The van der Waals surface area contributed by atoms with Crippen molar-refractivity contribution in [1.29, 1.82) is 0 Å². The first-order valence-corrected chi connectivity index (χ1v) is 12.7. The molecule has 1 aliphatic rings. The summed E-state index contributed by atoms with van der Waals surface area (Å²) in [5.41, 5.74) is 2.65. The summed E-state index contributed by atoms with van der Waals surface area (Å²) in [6.07, 6.45) is 1.57. The number of aryl methyl sites for hydroxylation is 1. The van der Waals surface area contributed by atoms with Crippen molar-refractivity contribution in [3.8, 4) is 5.75 Å². The summed E-state index contributed by atoms with van der Waals surface area (Å²) < 4.78 is 10.9. The summed E-state index contributed by atoms with van der Waals surface area (Å²) in [7, 11) is 0. The minimum absolute atomic E-state index is 0.00532. The van der Waals surface area contributed by atoms with Crippen LogP contribution in [0.1, 0.15) is 59.8 Å². The standard InChI is InChI=1S/C31H31NO6/c1-4-17-37-25-16-13-23(19-20(25)3)28(33)26-27(21-9-7-6-8-10-21)32(30(35)29(26)34)24-14-11-22(12-15-24)31(36)38-18-5-2/h6-16,19,27,33H,4-5,17-18H2,1-3H3/b28-26-. The molecule has 1 N–H and O–H groups in total. The lowest BCUT2D eigenvalue weighted by molar-refractivity contribution is -0.132. The van der Waals surface area contributed by atoms with Crippen LogP contribution in [0.3, 0.4) is 0 Å². The number of benzene rings is 3. The summed E-state index contributed by atoms with van der Waals surface area (Å²) in [4.78, 5) is 40.3. The van der Waals surface area contributed by atoms with Crippen LogP contribution in [0.5, 0.6) is 5.75 Å². The molecule has 1 aliphatic heterocycles. The molecule has 1 amide bonds. The minimum Gasteiger partial charge on any atom is -0.507 e. The number of esters is 1. The Bertz CT molecular complexity index is 1360. The van der Waals surface area contributed by atoms with Crippen LogP contribution < -0.4 is 9.64 Å². The highest BCUT2D eigenvalue weighted by Crippen LogP contribution is 2.42. The van der Waals surface area contributed by atoms with Crippen molar-refractivity contribution in [2.75, 3.05) is 18.1 Å². The van der Waals surface area contributed by atoms with Crippen LogP contribution in [0, 0.1) is 6.92 Å². The molecule has 196 valence electrons. The van der Waals surface area contributed by atoms with Crippen LogP contribution in [-0.4, -0.2) is 36.0 Å². The highest BCUT2D eigenvalue weighted by molar-refractivity contribution is 6.51. The first-order chi connectivity index (χ1) is 18.4. The van der Waals surface area contributed by atoms with Crippen molar-refractivity contribution in [3.05, 3.63) is 101 Å². The molecule has 7 nitrogen and oxygen atoms in total. The molecule has 38 heavy (non-hydrogen) atoms. The molecule has 1 unspecified atom stereocenters. The maximum Gasteiger partial charge on any atom is 0.338 e. The van der Waals surface area contributed by atoms with Gasteiger partial charge in [0.2, 0.25) is 0 Å². The molecule has 1 saturated heterocycles. The minimum atomic E-state index is -0.856. The number of Topliss-reactive ketones (excluding diaryl/α,β-unsaturated/α-hetero) is 1. The van der Waals surface area contributed by atoms with E-state index in [0.29, 0.717) is 47.8 Å². The van der Waals surface area contributed by atoms with Crippen LogP contribution in [0.4, 0.5) is 5.69 Å². The Morgan fingerprint density at radius 3 is 2.18 bits per heavy atom. The number of ether oxygens (including phenoxy) is 2. The van der Waals surface area contributed by atoms with Crippen molar-refractivity contribution >= 4 is 29.1 Å². The average molecular weight is 514 g/mol. The molecule has 4 rings (SSSR count). The number of carbonyl (C=O) groups excluding carboxylic acids is 3. The van der Waals surface area contributed by atoms with E-state index in [-0.39, 0.29) is 11.3 Å². The lowest BCUT2D eigenvalue weighted by Crippen LogP contribution is -2.29. The van der Waals surface area contributed by atoms with Gasteiger partial charge in [-0.3, -0.25) is 14.5 Å². The van der Waals surface area contributed by atoms with Crippen LogP contribution in [0.25, 0.3) is 5.76 Å². The van der Waals surface area contributed by atoms with Gasteiger partial charge in [-0.1, -0.05) is 44.2 Å². The molecule has 0 saturated carbocycles. The van der Waals surface area contributed by atoms with Crippen LogP contribution >= 0.6 is 0 Å². The number of anilines is 1. The third-order valence-corrected chi connectivity index (χ3v) is 6.29. The fraction of sp³-hybridized carbons (Fsp3) is 0.258. The number of nitrogens with zero attached hydrogens (tertiary/aromatic N) is 1. The Morgan fingerprint density at radius 2 is 1.55 bits per heavy atom. The number of aliphatic hydroxyl groups is 1. The van der Waals surface area contributed by atoms with E-state index in [1.165, 1.54) is 4.90 Å². The molecule has 1 heterocycles. The lowest BCUT2D eigenvalue weighted by atomic mass is 9.94. The number of hydrogen-bond donors (Lipinski definition) is 1. The van der Waals surface area contributed by atoms with E-state index in [0.717, 1.165) is 12.0 Å². The molecule has 1 atom stereocenters. The van der Waals surface area contributed by atoms with Crippen molar-refractivity contribution < 1.29 is 29.0 Å². The number of carbonyl (C=O) groups is 3. The van der Waals surface area contributed by atoms with Crippen molar-refractivity contribution in [3.63, 3.8) is 0 Å². The van der Waals surface area contributed by atoms with E-state index in [1.807, 2.05) is 39.0 Å². The zero-order valence-corrected chi connectivity index (χ0v) is 21.8. The molecule has 0 aliphatic carbocycles. The van der Waals surface area contributed by atoms with E-state index in [2.05, 4.69) is 0 Å². The molecule has 3 aromatic rings. The zero-order valence-electron chi connectivity index (χ0n) is 21.8. The van der Waals surface area contributed by atoms with Gasteiger partial charge in [-0.15, -0.1) is 0 Å². The van der Waals surface area contributed by atoms with Crippen molar-refractivity contribution in [1.82, 2.24) is 0 Å². The second-order valence-electron chi connectivity index (χ2n) is 9.09. The predicted octanol–water partition coefficient (Wildman–Crippen LogP) is 5.98. The Balaban J connectivity index is 1.78. The topological polar surface area (TPSA) is 93.1 Å². The van der Waals surface area contributed by atoms with Crippen LogP contribution in [-0.2, 0) is 14.3 Å². The number of hydrogen-bond acceptors (Lipinski definition) is 6. The SMILES string of the molecule is CCCOC(=O)c1ccc(N2C(=O)C(=O)/C(=C(\O)c3ccc(OCCC)c(C)c3)C2c2ccccc2)cc1. The van der Waals surface area contributed by atoms with Gasteiger partial charge in [0.15, 0.2) is 0 Å². The third kappa shape index (κ3) is 5.32. The van der Waals surface area contributed by atoms with E-state index in [1.54, 1.807) is 54.6 Å². The van der Waals surface area contributed by atoms with Gasteiger partial charge in [-0.05, 0) is 73.4 Å². The lowest BCUT2D eigenvalue weighted by Gasteiger charge is -2.25. The molecule has 0 bridgehead atoms. The molecule has 0 aromatic heterocycles. The molecule has 0 spiro atoms. The Kier molecular flexibility index (Phi) is 8.26.